The minimum Gasteiger partial charge on any atom is -0.448 e. The van der Waals surface area contributed by atoms with E-state index in [9.17, 15) is 4.79 Å². The molecule has 1 aromatic rings. The maximum absolute atomic E-state index is 11.8. The first-order valence-corrected chi connectivity index (χ1v) is 5.02. The number of carbonyl (C=O) groups is 1. The molecule has 1 fully saturated rings. The van der Waals surface area contributed by atoms with Gasteiger partial charge in [0.05, 0.1) is 25.3 Å². The van der Waals surface area contributed by atoms with Gasteiger partial charge in [0.1, 0.15) is 5.76 Å². The summed E-state index contributed by atoms with van der Waals surface area (Å²) >= 11 is 0. The molecule has 1 aromatic heterocycles. The van der Waals surface area contributed by atoms with E-state index in [1.54, 1.807) is 4.90 Å². The molecule has 5 nitrogen and oxygen atoms in total. The highest BCUT2D eigenvalue weighted by molar-refractivity contribution is 5.78. The lowest BCUT2D eigenvalue weighted by molar-refractivity contribution is -0.134. The molecule has 0 N–H and O–H groups in total. The van der Waals surface area contributed by atoms with Crippen LogP contribution < -0.4 is 0 Å². The molecular weight excluding hydrogens is 196 g/mol. The number of rotatable bonds is 2. The molecule has 1 aliphatic heterocycles. The number of amides is 1. The molecule has 1 amide bonds. The number of oxazole rings is 1. The van der Waals surface area contributed by atoms with E-state index in [-0.39, 0.29) is 5.91 Å². The third kappa shape index (κ3) is 2.36. The normalized spacial score (nSPS) is 16.7. The minimum absolute atomic E-state index is 0.0816. The molecule has 0 aromatic carbocycles. The van der Waals surface area contributed by atoms with Gasteiger partial charge in [-0.15, -0.1) is 0 Å². The number of aromatic nitrogens is 1. The fourth-order valence-electron chi connectivity index (χ4n) is 1.56. The molecule has 0 aliphatic carbocycles. The van der Waals surface area contributed by atoms with E-state index >= 15 is 0 Å². The van der Waals surface area contributed by atoms with Crippen LogP contribution in [0.4, 0.5) is 0 Å². The van der Waals surface area contributed by atoms with Gasteiger partial charge in [-0.25, -0.2) is 4.98 Å². The van der Waals surface area contributed by atoms with Crippen LogP contribution in [0.5, 0.6) is 0 Å². The average Bonchev–Trinajstić information content (AvgIpc) is 2.66. The second-order valence-corrected chi connectivity index (χ2v) is 3.53. The summed E-state index contributed by atoms with van der Waals surface area (Å²) in [6.45, 7) is 4.44. The molecule has 1 aliphatic rings. The van der Waals surface area contributed by atoms with Crippen LogP contribution in [0.1, 0.15) is 11.5 Å². The second kappa shape index (κ2) is 4.44. The molecule has 15 heavy (non-hydrogen) atoms. The van der Waals surface area contributed by atoms with Crippen molar-refractivity contribution in [2.75, 3.05) is 26.3 Å². The molecule has 2 rings (SSSR count). The zero-order valence-corrected chi connectivity index (χ0v) is 8.73. The van der Waals surface area contributed by atoms with Crippen LogP contribution >= 0.6 is 0 Å². The Bertz CT molecular complexity index is 342. The van der Waals surface area contributed by atoms with Crippen molar-refractivity contribution in [3.05, 3.63) is 17.8 Å². The van der Waals surface area contributed by atoms with Gasteiger partial charge >= 0.3 is 0 Å². The molecule has 5 heteroatoms. The van der Waals surface area contributed by atoms with Crippen LogP contribution in [-0.2, 0) is 16.0 Å². The fourth-order valence-corrected chi connectivity index (χ4v) is 1.56. The third-order valence-electron chi connectivity index (χ3n) is 2.52. The summed E-state index contributed by atoms with van der Waals surface area (Å²) in [7, 11) is 0. The van der Waals surface area contributed by atoms with Gasteiger partial charge < -0.3 is 14.1 Å². The highest BCUT2D eigenvalue weighted by Crippen LogP contribution is 2.08. The summed E-state index contributed by atoms with van der Waals surface area (Å²) in [5, 5.41) is 0. The SMILES string of the molecule is Cc1ncoc1CC(=O)N1CCOCC1. The summed E-state index contributed by atoms with van der Waals surface area (Å²) in [4.78, 5) is 17.6. The Hall–Kier alpha value is -1.36. The van der Waals surface area contributed by atoms with Gasteiger partial charge in [0.2, 0.25) is 5.91 Å². The van der Waals surface area contributed by atoms with Crippen molar-refractivity contribution in [3.63, 3.8) is 0 Å². The van der Waals surface area contributed by atoms with Crippen molar-refractivity contribution in [2.24, 2.45) is 0 Å². The number of aryl methyl sites for hydroxylation is 1. The van der Waals surface area contributed by atoms with Crippen molar-refractivity contribution >= 4 is 5.91 Å². The third-order valence-corrected chi connectivity index (χ3v) is 2.52. The number of nitrogens with zero attached hydrogens (tertiary/aromatic N) is 2. The molecule has 0 spiro atoms. The standard InChI is InChI=1S/C10H14N2O3/c1-8-9(15-7-11-8)6-10(13)12-2-4-14-5-3-12/h7H,2-6H2,1H3. The minimum atomic E-state index is 0.0816. The molecule has 0 radical (unpaired) electrons. The summed E-state index contributed by atoms with van der Waals surface area (Å²) in [6, 6.07) is 0. The van der Waals surface area contributed by atoms with Crippen LogP contribution in [0.25, 0.3) is 0 Å². The number of hydrogen-bond donors (Lipinski definition) is 0. The van der Waals surface area contributed by atoms with Crippen molar-refractivity contribution in [1.29, 1.82) is 0 Å². The van der Waals surface area contributed by atoms with E-state index < -0.39 is 0 Å². The molecule has 0 saturated carbocycles. The summed E-state index contributed by atoms with van der Waals surface area (Å²) in [5.74, 6) is 0.740. The van der Waals surface area contributed by atoms with Crippen LogP contribution in [0.2, 0.25) is 0 Å². The summed E-state index contributed by atoms with van der Waals surface area (Å²) < 4.78 is 10.3. The van der Waals surface area contributed by atoms with Gasteiger partial charge in [0, 0.05) is 13.1 Å². The molecule has 82 valence electrons. The van der Waals surface area contributed by atoms with E-state index in [0.29, 0.717) is 38.5 Å². The number of hydrogen-bond acceptors (Lipinski definition) is 4. The number of ether oxygens (including phenoxy) is 1. The van der Waals surface area contributed by atoms with Crippen LogP contribution in [-0.4, -0.2) is 42.1 Å². The molecule has 2 heterocycles. The Balaban J connectivity index is 1.94. The zero-order chi connectivity index (χ0) is 10.7. The topological polar surface area (TPSA) is 55.6 Å². The smallest absolute Gasteiger partial charge is 0.230 e. The van der Waals surface area contributed by atoms with E-state index in [4.69, 9.17) is 9.15 Å². The first-order chi connectivity index (χ1) is 7.27. The number of carbonyl (C=O) groups excluding carboxylic acids is 1. The Morgan fingerprint density at radius 1 is 1.53 bits per heavy atom. The maximum Gasteiger partial charge on any atom is 0.230 e. The number of morpholine rings is 1. The lowest BCUT2D eigenvalue weighted by atomic mass is 10.2. The predicted octanol–water partition coefficient (Wildman–Crippen LogP) is 0.384. The second-order valence-electron chi connectivity index (χ2n) is 3.53. The first kappa shape index (κ1) is 10.2. The fraction of sp³-hybridized carbons (Fsp3) is 0.600. The Labute approximate surface area is 88.0 Å². The van der Waals surface area contributed by atoms with Crippen molar-refractivity contribution < 1.29 is 13.9 Å². The highest BCUT2D eigenvalue weighted by Gasteiger charge is 2.19. The molecular formula is C10H14N2O3. The van der Waals surface area contributed by atoms with Gasteiger partial charge in [-0.3, -0.25) is 4.79 Å². The van der Waals surface area contributed by atoms with Gasteiger partial charge in [-0.2, -0.15) is 0 Å². The molecule has 0 atom stereocenters. The molecule has 0 bridgehead atoms. The monoisotopic (exact) mass is 210 g/mol. The Morgan fingerprint density at radius 2 is 2.27 bits per heavy atom. The van der Waals surface area contributed by atoms with Crippen molar-refractivity contribution in [3.8, 4) is 0 Å². The van der Waals surface area contributed by atoms with E-state index in [2.05, 4.69) is 4.98 Å². The molecule has 1 saturated heterocycles. The van der Waals surface area contributed by atoms with Gasteiger partial charge in [0.15, 0.2) is 6.39 Å². The van der Waals surface area contributed by atoms with E-state index in [0.717, 1.165) is 5.69 Å². The Morgan fingerprint density at radius 3 is 2.87 bits per heavy atom. The van der Waals surface area contributed by atoms with Gasteiger partial charge in [-0.1, -0.05) is 0 Å². The maximum atomic E-state index is 11.8. The van der Waals surface area contributed by atoms with Gasteiger partial charge in [0.25, 0.3) is 0 Å². The highest BCUT2D eigenvalue weighted by atomic mass is 16.5. The predicted molar refractivity (Wildman–Crippen MR) is 52.3 cm³/mol. The van der Waals surface area contributed by atoms with E-state index in [1.165, 1.54) is 6.39 Å². The average molecular weight is 210 g/mol. The molecule has 0 unspecified atom stereocenters. The van der Waals surface area contributed by atoms with Crippen molar-refractivity contribution in [2.45, 2.75) is 13.3 Å². The van der Waals surface area contributed by atoms with E-state index in [1.807, 2.05) is 6.92 Å². The van der Waals surface area contributed by atoms with Crippen LogP contribution in [0.3, 0.4) is 0 Å². The largest absolute Gasteiger partial charge is 0.448 e. The van der Waals surface area contributed by atoms with Crippen LogP contribution in [0, 0.1) is 6.92 Å². The summed E-state index contributed by atoms with van der Waals surface area (Å²) in [6.07, 6.45) is 1.67. The van der Waals surface area contributed by atoms with Crippen molar-refractivity contribution in [1.82, 2.24) is 9.88 Å². The lowest BCUT2D eigenvalue weighted by Crippen LogP contribution is -2.41. The first-order valence-electron chi connectivity index (χ1n) is 5.02. The Kier molecular flexibility index (Phi) is 3.01. The van der Waals surface area contributed by atoms with Gasteiger partial charge in [-0.05, 0) is 6.92 Å². The lowest BCUT2D eigenvalue weighted by Gasteiger charge is -2.26. The summed E-state index contributed by atoms with van der Waals surface area (Å²) in [5.41, 5.74) is 0.789. The van der Waals surface area contributed by atoms with Crippen LogP contribution in [0.15, 0.2) is 10.8 Å². The quantitative estimate of drug-likeness (QED) is 0.708. The zero-order valence-electron chi connectivity index (χ0n) is 8.73.